The van der Waals surface area contributed by atoms with E-state index in [1.54, 1.807) is 30.3 Å². The third-order valence-corrected chi connectivity index (χ3v) is 2.98. The van der Waals surface area contributed by atoms with E-state index in [2.05, 4.69) is 0 Å². The van der Waals surface area contributed by atoms with Gasteiger partial charge in [0, 0.05) is 10.6 Å². The summed E-state index contributed by atoms with van der Waals surface area (Å²) in [5, 5.41) is 0.589. The molecule has 2 rings (SSSR count). The Bertz CT molecular complexity index is 618. The highest BCUT2D eigenvalue weighted by Gasteiger charge is 2.07. The van der Waals surface area contributed by atoms with E-state index in [0.717, 1.165) is 5.56 Å². The summed E-state index contributed by atoms with van der Waals surface area (Å²) < 4.78 is 18.7. The molecule has 0 heterocycles. The van der Waals surface area contributed by atoms with E-state index < -0.39 is 0 Å². The molecule has 19 heavy (non-hydrogen) atoms. The van der Waals surface area contributed by atoms with Crippen LogP contribution in [0.3, 0.4) is 0 Å². The van der Waals surface area contributed by atoms with Gasteiger partial charge in [-0.2, -0.15) is 0 Å². The van der Waals surface area contributed by atoms with E-state index in [-0.39, 0.29) is 17.4 Å². The average molecular weight is 296 g/mol. The quantitative estimate of drug-likeness (QED) is 0.874. The zero-order valence-electron chi connectivity index (χ0n) is 9.90. The molecule has 0 radical (unpaired) electrons. The summed E-state index contributed by atoms with van der Waals surface area (Å²) in [6, 6.07) is 11.3. The normalized spacial score (nSPS) is 10.2. The van der Waals surface area contributed by atoms with Gasteiger partial charge in [-0.3, -0.25) is 0 Å². The third-order valence-electron chi connectivity index (χ3n) is 2.53. The highest BCUT2D eigenvalue weighted by molar-refractivity contribution is 7.80. The molecular formula is C14H11ClFNOS. The molecule has 0 spiro atoms. The lowest BCUT2D eigenvalue weighted by atomic mass is 10.1. The van der Waals surface area contributed by atoms with Crippen LogP contribution in [0, 0.1) is 5.82 Å². The van der Waals surface area contributed by atoms with Gasteiger partial charge in [0.2, 0.25) is 0 Å². The number of nitrogens with two attached hydrogens (primary N) is 1. The van der Waals surface area contributed by atoms with Crippen LogP contribution in [0.2, 0.25) is 5.02 Å². The second-order valence-corrected chi connectivity index (χ2v) is 4.79. The lowest BCUT2D eigenvalue weighted by Crippen LogP contribution is -2.14. The number of rotatable bonds is 4. The third kappa shape index (κ3) is 3.66. The maximum atomic E-state index is 13.2. The summed E-state index contributed by atoms with van der Waals surface area (Å²) >= 11 is 10.8. The van der Waals surface area contributed by atoms with Crippen LogP contribution in [-0.2, 0) is 6.61 Å². The van der Waals surface area contributed by atoms with Crippen LogP contribution in [0.5, 0.6) is 5.75 Å². The molecule has 0 atom stereocenters. The molecule has 5 heteroatoms. The van der Waals surface area contributed by atoms with Gasteiger partial charge in [0.05, 0.1) is 0 Å². The number of halogens is 2. The van der Waals surface area contributed by atoms with Crippen LogP contribution < -0.4 is 10.5 Å². The van der Waals surface area contributed by atoms with E-state index in [0.29, 0.717) is 16.3 Å². The monoisotopic (exact) mass is 295 g/mol. The minimum Gasteiger partial charge on any atom is -0.489 e. The maximum absolute atomic E-state index is 13.2. The Labute approximate surface area is 120 Å². The molecule has 0 saturated carbocycles. The van der Waals surface area contributed by atoms with Crippen LogP contribution in [0.4, 0.5) is 4.39 Å². The Morgan fingerprint density at radius 3 is 2.74 bits per heavy atom. The van der Waals surface area contributed by atoms with Gasteiger partial charge in [0.1, 0.15) is 23.2 Å². The van der Waals surface area contributed by atoms with Crippen molar-refractivity contribution in [2.75, 3.05) is 0 Å². The highest BCUT2D eigenvalue weighted by Crippen LogP contribution is 2.19. The Morgan fingerprint density at radius 1 is 1.26 bits per heavy atom. The zero-order chi connectivity index (χ0) is 13.8. The molecule has 2 aromatic carbocycles. The molecule has 98 valence electrons. The van der Waals surface area contributed by atoms with Crippen LogP contribution >= 0.6 is 23.8 Å². The van der Waals surface area contributed by atoms with Crippen molar-refractivity contribution in [2.24, 2.45) is 5.73 Å². The van der Waals surface area contributed by atoms with Gasteiger partial charge in [-0.1, -0.05) is 36.0 Å². The molecule has 0 aliphatic carbocycles. The molecule has 0 fully saturated rings. The van der Waals surface area contributed by atoms with Gasteiger partial charge in [-0.15, -0.1) is 0 Å². The fourth-order valence-electron chi connectivity index (χ4n) is 1.62. The van der Waals surface area contributed by atoms with Crippen molar-refractivity contribution in [3.05, 3.63) is 64.4 Å². The predicted molar refractivity (Wildman–Crippen MR) is 78.1 cm³/mol. The Balaban J connectivity index is 2.17. The smallest absolute Gasteiger partial charge is 0.123 e. The van der Waals surface area contributed by atoms with Crippen molar-refractivity contribution in [3.63, 3.8) is 0 Å². The summed E-state index contributed by atoms with van der Waals surface area (Å²) in [5.41, 5.74) is 6.78. The maximum Gasteiger partial charge on any atom is 0.123 e. The topological polar surface area (TPSA) is 35.2 Å². The summed E-state index contributed by atoms with van der Waals surface area (Å²) in [6.45, 7) is 0.243. The average Bonchev–Trinajstić information content (AvgIpc) is 2.37. The second-order valence-electron chi connectivity index (χ2n) is 3.91. The van der Waals surface area contributed by atoms with Crippen molar-refractivity contribution in [1.82, 2.24) is 0 Å². The van der Waals surface area contributed by atoms with Crippen LogP contribution in [0.25, 0.3) is 0 Å². The summed E-state index contributed by atoms with van der Waals surface area (Å²) in [5.74, 6) is 0.250. The molecule has 0 unspecified atom stereocenters. The second kappa shape index (κ2) is 5.99. The van der Waals surface area contributed by atoms with Gasteiger partial charge in [-0.25, -0.2) is 4.39 Å². The summed E-state index contributed by atoms with van der Waals surface area (Å²) in [7, 11) is 0. The van der Waals surface area contributed by atoms with Gasteiger partial charge in [-0.05, 0) is 35.9 Å². The summed E-state index contributed by atoms with van der Waals surface area (Å²) in [4.78, 5) is 0.143. The molecular weight excluding hydrogens is 285 g/mol. The fourth-order valence-corrected chi connectivity index (χ4v) is 1.99. The first-order chi connectivity index (χ1) is 9.06. The van der Waals surface area contributed by atoms with Crippen molar-refractivity contribution >= 4 is 28.8 Å². The minimum atomic E-state index is -0.380. The number of benzene rings is 2. The van der Waals surface area contributed by atoms with Gasteiger partial charge >= 0.3 is 0 Å². The zero-order valence-corrected chi connectivity index (χ0v) is 11.5. The number of hydrogen-bond acceptors (Lipinski definition) is 2. The number of ether oxygens (including phenoxy) is 1. The standard InChI is InChI=1S/C14H11ClFNOS/c15-10-2-1-3-12(6-10)18-8-9-4-5-11(16)7-13(9)14(17)19/h1-7H,8H2,(H2,17,19). The van der Waals surface area contributed by atoms with E-state index >= 15 is 0 Å². The van der Waals surface area contributed by atoms with Crippen LogP contribution in [-0.4, -0.2) is 4.99 Å². The minimum absolute atomic E-state index is 0.143. The van der Waals surface area contributed by atoms with Crippen LogP contribution in [0.15, 0.2) is 42.5 Å². The first-order valence-corrected chi connectivity index (χ1v) is 6.31. The lowest BCUT2D eigenvalue weighted by molar-refractivity contribution is 0.306. The SMILES string of the molecule is NC(=S)c1cc(F)ccc1COc1cccc(Cl)c1. The predicted octanol–water partition coefficient (Wildman–Crippen LogP) is 3.69. The summed E-state index contributed by atoms with van der Waals surface area (Å²) in [6.07, 6.45) is 0. The van der Waals surface area contributed by atoms with Gasteiger partial charge in [0.15, 0.2) is 0 Å². The molecule has 2 nitrogen and oxygen atoms in total. The molecule has 0 aliphatic heterocycles. The first-order valence-electron chi connectivity index (χ1n) is 5.53. The first kappa shape index (κ1) is 13.8. The van der Waals surface area contributed by atoms with Gasteiger partial charge < -0.3 is 10.5 Å². The largest absolute Gasteiger partial charge is 0.489 e. The number of hydrogen-bond donors (Lipinski definition) is 1. The molecule has 2 N–H and O–H groups in total. The fraction of sp³-hybridized carbons (Fsp3) is 0.0714. The van der Waals surface area contributed by atoms with Crippen LogP contribution in [0.1, 0.15) is 11.1 Å². The van der Waals surface area contributed by atoms with Crippen molar-refractivity contribution in [3.8, 4) is 5.75 Å². The Morgan fingerprint density at radius 2 is 2.05 bits per heavy atom. The highest BCUT2D eigenvalue weighted by atomic mass is 35.5. The molecule has 0 amide bonds. The number of thiocarbonyl (C=S) groups is 1. The van der Waals surface area contributed by atoms with E-state index in [1.165, 1.54) is 12.1 Å². The molecule has 2 aromatic rings. The van der Waals surface area contributed by atoms with E-state index in [1.807, 2.05) is 0 Å². The van der Waals surface area contributed by atoms with Crippen molar-refractivity contribution < 1.29 is 9.13 Å². The van der Waals surface area contributed by atoms with Gasteiger partial charge in [0.25, 0.3) is 0 Å². The lowest BCUT2D eigenvalue weighted by Gasteiger charge is -2.10. The molecule has 0 aromatic heterocycles. The van der Waals surface area contributed by atoms with E-state index in [9.17, 15) is 4.39 Å². The molecule has 0 aliphatic rings. The van der Waals surface area contributed by atoms with Crippen molar-refractivity contribution in [1.29, 1.82) is 0 Å². The Kier molecular flexibility index (Phi) is 4.35. The molecule has 0 saturated heterocycles. The Hall–Kier alpha value is -1.65. The molecule has 0 bridgehead atoms. The van der Waals surface area contributed by atoms with E-state index in [4.69, 9.17) is 34.3 Å². The van der Waals surface area contributed by atoms with Crippen molar-refractivity contribution in [2.45, 2.75) is 6.61 Å².